The Bertz CT molecular complexity index is 1190. The minimum atomic E-state index is 0.584. The van der Waals surface area contributed by atoms with Gasteiger partial charge in [-0.1, -0.05) is 24.3 Å². The van der Waals surface area contributed by atoms with Crippen LogP contribution in [0.25, 0.3) is 28.1 Å². The third-order valence-electron chi connectivity index (χ3n) is 5.76. The molecular formula is C23H26N6O. The first-order valence-electron chi connectivity index (χ1n) is 10.5. The zero-order chi connectivity index (χ0) is 20.5. The highest BCUT2D eigenvalue weighted by Crippen LogP contribution is 2.27. The zero-order valence-corrected chi connectivity index (χ0v) is 17.4. The molecule has 1 unspecified atom stereocenters. The average Bonchev–Trinajstić information content (AvgIpc) is 3.40. The second-order valence-corrected chi connectivity index (χ2v) is 7.76. The molecule has 0 amide bonds. The minimum Gasteiger partial charge on any atom is -0.492 e. The molecule has 1 atom stereocenters. The molecule has 1 aliphatic heterocycles. The number of nitrogens with zero attached hydrogens (tertiary/aromatic N) is 5. The Labute approximate surface area is 175 Å². The van der Waals surface area contributed by atoms with E-state index in [-0.39, 0.29) is 0 Å². The summed E-state index contributed by atoms with van der Waals surface area (Å²) < 4.78 is 7.81. The summed E-state index contributed by atoms with van der Waals surface area (Å²) in [7, 11) is 2.04. The van der Waals surface area contributed by atoms with E-state index in [9.17, 15) is 0 Å². The van der Waals surface area contributed by atoms with E-state index in [0.717, 1.165) is 53.5 Å². The van der Waals surface area contributed by atoms with E-state index < -0.39 is 0 Å². The van der Waals surface area contributed by atoms with E-state index in [0.29, 0.717) is 12.6 Å². The minimum absolute atomic E-state index is 0.584. The Balaban J connectivity index is 1.50. The lowest BCUT2D eigenvalue weighted by molar-refractivity contribution is 0.322. The predicted molar refractivity (Wildman–Crippen MR) is 118 cm³/mol. The van der Waals surface area contributed by atoms with Gasteiger partial charge < -0.3 is 10.1 Å². The second kappa shape index (κ2) is 8.01. The predicted octanol–water partition coefficient (Wildman–Crippen LogP) is 3.14. The van der Waals surface area contributed by atoms with Crippen LogP contribution in [0.15, 0.2) is 48.7 Å². The Morgan fingerprint density at radius 3 is 2.90 bits per heavy atom. The van der Waals surface area contributed by atoms with Crippen molar-refractivity contribution in [2.45, 2.75) is 25.9 Å². The SMILES string of the molecule is CCOc1cccc2ccc(-c3nnc4ccc(CN5CCC(NC)C5)cn34)nc12. The number of likely N-dealkylation sites (tertiary alicyclic amines) is 1. The van der Waals surface area contributed by atoms with Crippen LogP contribution in [0.1, 0.15) is 18.9 Å². The molecule has 0 spiro atoms. The third kappa shape index (κ3) is 3.51. The number of aromatic nitrogens is 4. The standard InChI is InChI=1S/C23H26N6O/c1-3-30-20-6-4-5-17-8-9-19(25-22(17)20)23-27-26-21-10-7-16(14-29(21)23)13-28-12-11-18(15-28)24-2/h4-10,14,18,24H,3,11-13,15H2,1-2H3. The van der Waals surface area contributed by atoms with Crippen LogP contribution in [0.5, 0.6) is 5.75 Å². The molecule has 154 valence electrons. The number of pyridine rings is 2. The molecule has 4 heterocycles. The van der Waals surface area contributed by atoms with Gasteiger partial charge in [-0.2, -0.15) is 0 Å². The summed E-state index contributed by atoms with van der Waals surface area (Å²) in [5.41, 5.74) is 3.70. The highest BCUT2D eigenvalue weighted by molar-refractivity contribution is 5.86. The Morgan fingerprint density at radius 2 is 2.07 bits per heavy atom. The molecule has 5 rings (SSSR count). The van der Waals surface area contributed by atoms with Gasteiger partial charge in [0.05, 0.1) is 6.61 Å². The van der Waals surface area contributed by atoms with E-state index in [2.05, 4.69) is 38.7 Å². The lowest BCUT2D eigenvalue weighted by Crippen LogP contribution is -2.29. The summed E-state index contributed by atoms with van der Waals surface area (Å²) in [6.45, 7) is 5.70. The van der Waals surface area contributed by atoms with Gasteiger partial charge in [-0.25, -0.2) is 4.98 Å². The molecule has 1 aliphatic rings. The monoisotopic (exact) mass is 402 g/mol. The quantitative estimate of drug-likeness (QED) is 0.534. The number of nitrogens with one attached hydrogen (secondary N) is 1. The molecule has 1 saturated heterocycles. The first-order valence-corrected chi connectivity index (χ1v) is 10.5. The van der Waals surface area contributed by atoms with Crippen LogP contribution in [0.4, 0.5) is 0 Å². The summed E-state index contributed by atoms with van der Waals surface area (Å²) in [6, 6.07) is 14.8. The van der Waals surface area contributed by atoms with Crippen LogP contribution in [-0.4, -0.2) is 57.3 Å². The van der Waals surface area contributed by atoms with Crippen molar-refractivity contribution >= 4 is 16.6 Å². The molecule has 30 heavy (non-hydrogen) atoms. The number of rotatable bonds is 6. The Morgan fingerprint density at radius 1 is 1.13 bits per heavy atom. The van der Waals surface area contributed by atoms with Crippen molar-refractivity contribution in [3.63, 3.8) is 0 Å². The van der Waals surface area contributed by atoms with Gasteiger partial charge >= 0.3 is 0 Å². The van der Waals surface area contributed by atoms with Crippen molar-refractivity contribution in [3.05, 3.63) is 54.2 Å². The van der Waals surface area contributed by atoms with Gasteiger partial charge in [0, 0.05) is 37.3 Å². The van der Waals surface area contributed by atoms with Crippen LogP contribution in [-0.2, 0) is 6.54 Å². The lowest BCUT2D eigenvalue weighted by Gasteiger charge is -2.16. The number of ether oxygens (including phenoxy) is 1. The first-order chi connectivity index (χ1) is 14.7. The zero-order valence-electron chi connectivity index (χ0n) is 17.4. The fraction of sp³-hybridized carbons (Fsp3) is 0.348. The first kappa shape index (κ1) is 19.0. The van der Waals surface area contributed by atoms with E-state index in [1.54, 1.807) is 0 Å². The number of para-hydroxylation sites is 1. The normalized spacial score (nSPS) is 17.2. The van der Waals surface area contributed by atoms with E-state index >= 15 is 0 Å². The van der Waals surface area contributed by atoms with Crippen molar-refractivity contribution in [2.24, 2.45) is 0 Å². The highest BCUT2D eigenvalue weighted by atomic mass is 16.5. The van der Waals surface area contributed by atoms with Crippen LogP contribution >= 0.6 is 0 Å². The largest absolute Gasteiger partial charge is 0.492 e. The molecule has 0 saturated carbocycles. The molecule has 0 aliphatic carbocycles. The smallest absolute Gasteiger partial charge is 0.187 e. The Kier molecular flexibility index (Phi) is 5.06. The summed E-state index contributed by atoms with van der Waals surface area (Å²) in [5, 5.41) is 13.2. The van der Waals surface area contributed by atoms with Crippen LogP contribution in [0.3, 0.4) is 0 Å². The maximum atomic E-state index is 5.77. The van der Waals surface area contributed by atoms with Crippen molar-refractivity contribution < 1.29 is 4.74 Å². The molecule has 1 fully saturated rings. The third-order valence-corrected chi connectivity index (χ3v) is 5.76. The van der Waals surface area contributed by atoms with Gasteiger partial charge in [0.2, 0.25) is 0 Å². The fourth-order valence-corrected chi connectivity index (χ4v) is 4.19. The van der Waals surface area contributed by atoms with Gasteiger partial charge in [-0.15, -0.1) is 10.2 Å². The molecule has 3 aromatic heterocycles. The number of hydrogen-bond donors (Lipinski definition) is 1. The van der Waals surface area contributed by atoms with Gasteiger partial charge in [-0.05, 0) is 44.2 Å². The molecule has 1 aromatic carbocycles. The van der Waals surface area contributed by atoms with E-state index in [4.69, 9.17) is 9.72 Å². The molecule has 0 radical (unpaired) electrons. The molecule has 7 heteroatoms. The molecular weight excluding hydrogens is 376 g/mol. The van der Waals surface area contributed by atoms with Crippen molar-refractivity contribution in [1.29, 1.82) is 0 Å². The number of benzene rings is 1. The van der Waals surface area contributed by atoms with E-state index in [1.165, 1.54) is 12.0 Å². The number of fused-ring (bicyclic) bond motifs is 2. The summed E-state index contributed by atoms with van der Waals surface area (Å²) in [5.74, 6) is 1.54. The topological polar surface area (TPSA) is 67.6 Å². The molecule has 0 bridgehead atoms. The highest BCUT2D eigenvalue weighted by Gasteiger charge is 2.21. The molecule has 4 aromatic rings. The number of likely N-dealkylation sites (N-methyl/N-ethyl adjacent to an activating group) is 1. The maximum absolute atomic E-state index is 5.77. The van der Waals surface area contributed by atoms with Gasteiger partial charge in [0.25, 0.3) is 0 Å². The molecule has 7 nitrogen and oxygen atoms in total. The van der Waals surface area contributed by atoms with Gasteiger partial charge in [0.15, 0.2) is 11.5 Å². The van der Waals surface area contributed by atoms with Crippen LogP contribution in [0, 0.1) is 0 Å². The molecule has 1 N–H and O–H groups in total. The second-order valence-electron chi connectivity index (χ2n) is 7.76. The van der Waals surface area contributed by atoms with Crippen LogP contribution in [0.2, 0.25) is 0 Å². The summed E-state index contributed by atoms with van der Waals surface area (Å²) >= 11 is 0. The average molecular weight is 403 g/mol. The lowest BCUT2D eigenvalue weighted by atomic mass is 10.2. The van der Waals surface area contributed by atoms with Crippen molar-refractivity contribution in [2.75, 3.05) is 26.7 Å². The number of hydrogen-bond acceptors (Lipinski definition) is 6. The van der Waals surface area contributed by atoms with E-state index in [1.807, 2.05) is 48.7 Å². The maximum Gasteiger partial charge on any atom is 0.187 e. The van der Waals surface area contributed by atoms with Crippen LogP contribution < -0.4 is 10.1 Å². The van der Waals surface area contributed by atoms with Crippen molar-refractivity contribution in [3.8, 4) is 17.3 Å². The van der Waals surface area contributed by atoms with Gasteiger partial charge in [0.1, 0.15) is 17.0 Å². The fourth-order valence-electron chi connectivity index (χ4n) is 4.19. The van der Waals surface area contributed by atoms with Gasteiger partial charge in [-0.3, -0.25) is 9.30 Å². The summed E-state index contributed by atoms with van der Waals surface area (Å²) in [6.07, 6.45) is 3.33. The Hall–Kier alpha value is -3.03. The summed E-state index contributed by atoms with van der Waals surface area (Å²) in [4.78, 5) is 7.35. The van der Waals surface area contributed by atoms with Crippen molar-refractivity contribution in [1.82, 2.24) is 29.8 Å².